The van der Waals surface area contributed by atoms with Crippen molar-refractivity contribution in [3.8, 4) is 11.5 Å². The first-order valence-corrected chi connectivity index (χ1v) is 9.04. The number of benzene rings is 1. The highest BCUT2D eigenvalue weighted by atomic mass is 16.7. The van der Waals surface area contributed by atoms with Gasteiger partial charge in [0.25, 0.3) is 0 Å². The number of ether oxygens (including phenoxy) is 2. The minimum atomic E-state index is -0.709. The van der Waals surface area contributed by atoms with Crippen molar-refractivity contribution in [1.82, 2.24) is 9.97 Å². The number of carboxylic acid groups (broad SMARTS) is 1. The first kappa shape index (κ1) is 17.4. The molecule has 2 aliphatic heterocycles. The average molecular weight is 370 g/mol. The molecule has 0 saturated carbocycles. The molecule has 4 rings (SSSR count). The van der Waals surface area contributed by atoms with Gasteiger partial charge < -0.3 is 24.8 Å². The lowest BCUT2D eigenvalue weighted by Crippen LogP contribution is -2.37. The highest BCUT2D eigenvalue weighted by Crippen LogP contribution is 2.32. The molecule has 0 bridgehead atoms. The van der Waals surface area contributed by atoms with Gasteiger partial charge in [0.15, 0.2) is 11.5 Å². The predicted octanol–water partition coefficient (Wildman–Crippen LogP) is 2.43. The lowest BCUT2D eigenvalue weighted by Gasteiger charge is -2.31. The van der Waals surface area contributed by atoms with E-state index in [-0.39, 0.29) is 12.7 Å². The summed E-state index contributed by atoms with van der Waals surface area (Å²) < 4.78 is 10.7. The maximum Gasteiger partial charge on any atom is 0.306 e. The van der Waals surface area contributed by atoms with Crippen molar-refractivity contribution < 1.29 is 19.4 Å². The average Bonchev–Trinajstić information content (AvgIpc) is 3.14. The summed E-state index contributed by atoms with van der Waals surface area (Å²) in [5, 5.41) is 12.4. The number of aromatic nitrogens is 2. The second kappa shape index (κ2) is 7.30. The smallest absolute Gasteiger partial charge is 0.306 e. The Morgan fingerprint density at radius 3 is 2.78 bits per heavy atom. The summed E-state index contributed by atoms with van der Waals surface area (Å²) >= 11 is 0. The summed E-state index contributed by atoms with van der Waals surface area (Å²) in [5.74, 6) is 1.94. The number of fused-ring (bicyclic) bond motifs is 1. The Hall–Kier alpha value is -3.03. The third-order valence-electron chi connectivity index (χ3n) is 4.90. The van der Waals surface area contributed by atoms with E-state index in [1.165, 1.54) is 0 Å². The quantitative estimate of drug-likeness (QED) is 0.828. The van der Waals surface area contributed by atoms with E-state index in [1.54, 1.807) is 0 Å². The fourth-order valence-corrected chi connectivity index (χ4v) is 3.38. The lowest BCUT2D eigenvalue weighted by atomic mass is 9.97. The first-order chi connectivity index (χ1) is 13.1. The van der Waals surface area contributed by atoms with Crippen LogP contribution in [-0.4, -0.2) is 40.9 Å². The first-order valence-electron chi connectivity index (χ1n) is 9.04. The number of carbonyl (C=O) groups is 1. The van der Waals surface area contributed by atoms with Crippen LogP contribution in [0.3, 0.4) is 0 Å². The molecule has 0 unspecified atom stereocenters. The monoisotopic (exact) mass is 370 g/mol. The molecule has 3 heterocycles. The molecule has 8 heteroatoms. The van der Waals surface area contributed by atoms with E-state index in [0.717, 1.165) is 28.6 Å². The van der Waals surface area contributed by atoms with Gasteiger partial charge in [0.2, 0.25) is 12.7 Å². The van der Waals surface area contributed by atoms with Crippen LogP contribution < -0.4 is 19.7 Å². The molecule has 0 spiro atoms. The number of hydrogen-bond donors (Lipinski definition) is 2. The van der Waals surface area contributed by atoms with Crippen molar-refractivity contribution in [1.29, 1.82) is 0 Å². The molecule has 2 N–H and O–H groups in total. The van der Waals surface area contributed by atoms with Crippen molar-refractivity contribution in [3.63, 3.8) is 0 Å². The van der Waals surface area contributed by atoms with E-state index in [0.29, 0.717) is 38.4 Å². The van der Waals surface area contributed by atoms with Crippen LogP contribution in [0.2, 0.25) is 0 Å². The largest absolute Gasteiger partial charge is 0.481 e. The van der Waals surface area contributed by atoms with E-state index in [1.807, 2.05) is 31.2 Å². The number of rotatable bonds is 5. The number of aliphatic carboxylic acids is 1. The van der Waals surface area contributed by atoms with Gasteiger partial charge in [-0.05, 0) is 37.5 Å². The summed E-state index contributed by atoms with van der Waals surface area (Å²) in [6.07, 6.45) is 1.27. The zero-order valence-corrected chi connectivity index (χ0v) is 15.1. The zero-order chi connectivity index (χ0) is 18.8. The van der Waals surface area contributed by atoms with Crippen molar-refractivity contribution >= 4 is 17.7 Å². The normalized spacial score (nSPS) is 16.4. The summed E-state index contributed by atoms with van der Waals surface area (Å²) in [4.78, 5) is 22.3. The molecule has 1 aromatic heterocycles. The van der Waals surface area contributed by atoms with Crippen molar-refractivity contribution in [2.24, 2.45) is 5.92 Å². The van der Waals surface area contributed by atoms with E-state index < -0.39 is 5.97 Å². The van der Waals surface area contributed by atoms with Crippen LogP contribution in [-0.2, 0) is 11.3 Å². The van der Waals surface area contributed by atoms with Gasteiger partial charge in [0, 0.05) is 31.4 Å². The second-order valence-electron chi connectivity index (χ2n) is 6.83. The fraction of sp³-hybridized carbons (Fsp3) is 0.421. The van der Waals surface area contributed by atoms with Crippen LogP contribution in [0.1, 0.15) is 24.1 Å². The predicted molar refractivity (Wildman–Crippen MR) is 99.2 cm³/mol. The molecular weight excluding hydrogens is 348 g/mol. The molecule has 0 atom stereocenters. The third kappa shape index (κ3) is 3.89. The van der Waals surface area contributed by atoms with Gasteiger partial charge in [0.05, 0.1) is 5.92 Å². The Labute approximate surface area is 157 Å². The molecule has 1 saturated heterocycles. The summed E-state index contributed by atoms with van der Waals surface area (Å²) in [7, 11) is 0. The number of aryl methyl sites for hydroxylation is 1. The van der Waals surface area contributed by atoms with Gasteiger partial charge in [-0.15, -0.1) is 0 Å². The Balaban J connectivity index is 1.42. The van der Waals surface area contributed by atoms with E-state index in [9.17, 15) is 4.79 Å². The molecule has 0 amide bonds. The number of nitrogens with zero attached hydrogens (tertiary/aromatic N) is 3. The molecular formula is C19H22N4O4. The highest BCUT2D eigenvalue weighted by Gasteiger charge is 2.25. The minimum Gasteiger partial charge on any atom is -0.481 e. The van der Waals surface area contributed by atoms with E-state index >= 15 is 0 Å². The standard InChI is InChI=1S/C19H22N4O4/c1-12-8-17(23-6-4-14(5-7-23)18(24)25)22-19(21-12)20-10-13-2-3-15-16(9-13)27-11-26-15/h2-3,8-9,14H,4-7,10-11H2,1H3,(H,24,25)(H,20,21,22). The summed E-state index contributed by atoms with van der Waals surface area (Å²) in [6.45, 7) is 4.14. The van der Waals surface area contributed by atoms with Gasteiger partial charge >= 0.3 is 5.97 Å². The van der Waals surface area contributed by atoms with Gasteiger partial charge in [0.1, 0.15) is 5.82 Å². The number of piperidine rings is 1. The maximum absolute atomic E-state index is 11.1. The van der Waals surface area contributed by atoms with E-state index in [4.69, 9.17) is 14.6 Å². The maximum atomic E-state index is 11.1. The Kier molecular flexibility index (Phi) is 4.70. The zero-order valence-electron chi connectivity index (χ0n) is 15.1. The van der Waals surface area contributed by atoms with Crippen LogP contribution in [0.4, 0.5) is 11.8 Å². The van der Waals surface area contributed by atoms with Gasteiger partial charge in [-0.25, -0.2) is 4.98 Å². The molecule has 8 nitrogen and oxygen atoms in total. The fourth-order valence-electron chi connectivity index (χ4n) is 3.38. The van der Waals surface area contributed by atoms with Gasteiger partial charge in [-0.3, -0.25) is 4.79 Å². The Morgan fingerprint density at radius 1 is 1.22 bits per heavy atom. The molecule has 27 heavy (non-hydrogen) atoms. The van der Waals surface area contributed by atoms with Crippen LogP contribution >= 0.6 is 0 Å². The number of hydrogen-bond acceptors (Lipinski definition) is 7. The van der Waals surface area contributed by atoms with Crippen molar-refractivity contribution in [3.05, 3.63) is 35.5 Å². The van der Waals surface area contributed by atoms with Gasteiger partial charge in [-0.1, -0.05) is 6.07 Å². The van der Waals surface area contributed by atoms with Crippen molar-refractivity contribution in [2.75, 3.05) is 30.1 Å². The minimum absolute atomic E-state index is 0.257. The Morgan fingerprint density at radius 2 is 2.00 bits per heavy atom. The topological polar surface area (TPSA) is 96.8 Å². The van der Waals surface area contributed by atoms with Crippen LogP contribution in [0.15, 0.2) is 24.3 Å². The summed E-state index contributed by atoms with van der Waals surface area (Å²) in [6, 6.07) is 7.76. The van der Waals surface area contributed by atoms with Crippen LogP contribution in [0.25, 0.3) is 0 Å². The highest BCUT2D eigenvalue weighted by molar-refractivity contribution is 5.70. The molecule has 2 aromatic rings. The van der Waals surface area contributed by atoms with Crippen LogP contribution in [0.5, 0.6) is 11.5 Å². The molecule has 1 fully saturated rings. The molecule has 0 aliphatic carbocycles. The number of nitrogens with one attached hydrogen (secondary N) is 1. The molecule has 2 aliphatic rings. The SMILES string of the molecule is Cc1cc(N2CCC(C(=O)O)CC2)nc(NCc2ccc3c(c2)OCO3)n1. The number of anilines is 2. The Bertz CT molecular complexity index is 850. The third-order valence-corrected chi connectivity index (χ3v) is 4.90. The van der Waals surface area contributed by atoms with Crippen LogP contribution in [0, 0.1) is 12.8 Å². The molecule has 0 radical (unpaired) electrons. The second-order valence-corrected chi connectivity index (χ2v) is 6.83. The molecule has 1 aromatic carbocycles. The van der Waals surface area contributed by atoms with E-state index in [2.05, 4.69) is 20.2 Å². The lowest BCUT2D eigenvalue weighted by molar-refractivity contribution is -0.142. The van der Waals surface area contributed by atoms with Gasteiger partial charge in [-0.2, -0.15) is 4.98 Å². The van der Waals surface area contributed by atoms with Crippen molar-refractivity contribution in [2.45, 2.75) is 26.3 Å². The number of carboxylic acids is 1. The summed E-state index contributed by atoms with van der Waals surface area (Å²) in [5.41, 5.74) is 1.92. The molecule has 142 valence electrons.